The predicted octanol–water partition coefficient (Wildman–Crippen LogP) is 1.47. The molecular formula is C17H22N6O5S2. The fraction of sp³-hybridized carbons (Fsp3) is 0.412. The largest absolute Gasteiger partial charge is 0.479 e. The summed E-state index contributed by atoms with van der Waals surface area (Å²) in [6.07, 6.45) is 6.00. The van der Waals surface area contributed by atoms with Gasteiger partial charge in [-0.2, -0.15) is 5.10 Å². The number of hydrogen-bond acceptors (Lipinski definition) is 9. The molecule has 0 aromatic carbocycles. The Hall–Kier alpha value is -2.93. The van der Waals surface area contributed by atoms with Gasteiger partial charge in [0.2, 0.25) is 5.88 Å². The number of nitrogen functional groups attached to an aromatic ring is 1. The van der Waals surface area contributed by atoms with E-state index in [4.69, 9.17) is 15.6 Å². The Labute approximate surface area is 177 Å². The molecule has 1 aliphatic rings. The predicted molar refractivity (Wildman–Crippen MR) is 113 cm³/mol. The highest BCUT2D eigenvalue weighted by atomic mass is 32.2. The third-order valence-electron chi connectivity index (χ3n) is 4.63. The Balaban J connectivity index is 0.000000187. The SMILES string of the molecule is COc1ncc(-c2cnn(C)c2)c2sc(N)nc12.CS(=O)(=O)[C@H]1CCN(C(=O)O)C1. The monoisotopic (exact) mass is 454 g/mol. The van der Waals surface area contributed by atoms with Crippen LogP contribution in [0.15, 0.2) is 18.6 Å². The highest BCUT2D eigenvalue weighted by molar-refractivity contribution is 7.91. The number of nitrogens with zero attached hydrogens (tertiary/aromatic N) is 5. The second-order valence-corrected chi connectivity index (χ2v) is 10.1. The number of aromatic nitrogens is 4. The lowest BCUT2D eigenvalue weighted by atomic mass is 10.1. The van der Waals surface area contributed by atoms with Crippen LogP contribution in [-0.2, 0) is 16.9 Å². The molecular weight excluding hydrogens is 432 g/mol. The maximum atomic E-state index is 11.0. The molecule has 0 aliphatic carbocycles. The minimum Gasteiger partial charge on any atom is -0.479 e. The lowest BCUT2D eigenvalue weighted by molar-refractivity contribution is 0.156. The Kier molecular flexibility index (Phi) is 6.12. The molecule has 4 heterocycles. The van der Waals surface area contributed by atoms with E-state index in [-0.39, 0.29) is 6.54 Å². The van der Waals surface area contributed by atoms with Gasteiger partial charge in [-0.25, -0.2) is 23.2 Å². The number of sulfone groups is 1. The first kappa shape index (κ1) is 21.8. The molecule has 30 heavy (non-hydrogen) atoms. The molecule has 1 aliphatic heterocycles. The quantitative estimate of drug-likeness (QED) is 0.598. The molecule has 3 aromatic heterocycles. The van der Waals surface area contributed by atoms with E-state index in [2.05, 4.69) is 15.1 Å². The maximum absolute atomic E-state index is 11.0. The number of rotatable bonds is 3. The lowest BCUT2D eigenvalue weighted by Gasteiger charge is -2.10. The number of thiazole rings is 1. The van der Waals surface area contributed by atoms with E-state index in [9.17, 15) is 13.2 Å². The zero-order chi connectivity index (χ0) is 22.1. The van der Waals surface area contributed by atoms with Crippen molar-refractivity contribution < 1.29 is 23.1 Å². The lowest BCUT2D eigenvalue weighted by Crippen LogP contribution is -2.30. The fourth-order valence-electron chi connectivity index (χ4n) is 3.07. The zero-order valence-electron chi connectivity index (χ0n) is 16.6. The number of methoxy groups -OCH3 is 1. The van der Waals surface area contributed by atoms with Crippen molar-refractivity contribution in [3.05, 3.63) is 18.6 Å². The fourth-order valence-corrected chi connectivity index (χ4v) is 4.91. The van der Waals surface area contributed by atoms with Crippen molar-refractivity contribution in [3.63, 3.8) is 0 Å². The van der Waals surface area contributed by atoms with E-state index in [1.807, 2.05) is 13.2 Å². The molecule has 11 nitrogen and oxygen atoms in total. The average molecular weight is 455 g/mol. The van der Waals surface area contributed by atoms with Crippen molar-refractivity contribution in [2.24, 2.45) is 7.05 Å². The minimum atomic E-state index is -3.07. The molecule has 3 aromatic rings. The van der Waals surface area contributed by atoms with Gasteiger partial charge < -0.3 is 20.5 Å². The second-order valence-electron chi connectivity index (χ2n) is 6.78. The van der Waals surface area contributed by atoms with Crippen molar-refractivity contribution in [2.45, 2.75) is 11.7 Å². The summed E-state index contributed by atoms with van der Waals surface area (Å²) in [6.45, 7) is 0.446. The first-order valence-electron chi connectivity index (χ1n) is 8.85. The molecule has 13 heteroatoms. The molecule has 4 rings (SSSR count). The van der Waals surface area contributed by atoms with Gasteiger partial charge in [-0.3, -0.25) is 4.68 Å². The summed E-state index contributed by atoms with van der Waals surface area (Å²) in [5.41, 5.74) is 8.42. The Morgan fingerprint density at radius 2 is 2.13 bits per heavy atom. The van der Waals surface area contributed by atoms with E-state index in [1.165, 1.54) is 11.3 Å². The number of hydrogen-bond donors (Lipinski definition) is 2. The average Bonchev–Trinajstić information content (AvgIpc) is 3.39. The molecule has 0 spiro atoms. The van der Waals surface area contributed by atoms with Crippen LogP contribution in [0.5, 0.6) is 5.88 Å². The highest BCUT2D eigenvalue weighted by Crippen LogP contribution is 2.36. The number of aryl methyl sites for hydroxylation is 1. The summed E-state index contributed by atoms with van der Waals surface area (Å²) in [5.74, 6) is 0.491. The van der Waals surface area contributed by atoms with Gasteiger partial charge >= 0.3 is 6.09 Å². The van der Waals surface area contributed by atoms with E-state index < -0.39 is 21.2 Å². The minimum absolute atomic E-state index is 0.119. The van der Waals surface area contributed by atoms with Crippen LogP contribution in [0.2, 0.25) is 0 Å². The molecule has 1 fully saturated rings. The molecule has 162 valence electrons. The van der Waals surface area contributed by atoms with Gasteiger partial charge in [-0.15, -0.1) is 0 Å². The normalized spacial score (nSPS) is 16.4. The van der Waals surface area contributed by atoms with E-state index >= 15 is 0 Å². The number of anilines is 1. The summed E-state index contributed by atoms with van der Waals surface area (Å²) < 4.78 is 29.9. The third-order valence-corrected chi connectivity index (χ3v) is 7.15. The van der Waals surface area contributed by atoms with Crippen LogP contribution >= 0.6 is 11.3 Å². The molecule has 3 N–H and O–H groups in total. The highest BCUT2D eigenvalue weighted by Gasteiger charge is 2.32. The topological polar surface area (TPSA) is 154 Å². The van der Waals surface area contributed by atoms with Crippen molar-refractivity contribution >= 4 is 42.6 Å². The number of nitrogens with two attached hydrogens (primary N) is 1. The van der Waals surface area contributed by atoms with Crippen LogP contribution in [0.1, 0.15) is 6.42 Å². The maximum Gasteiger partial charge on any atom is 0.407 e. The van der Waals surface area contributed by atoms with E-state index in [0.717, 1.165) is 27.0 Å². The summed E-state index contributed by atoms with van der Waals surface area (Å²) in [5, 5.41) is 12.7. The van der Waals surface area contributed by atoms with Gasteiger partial charge in [-0.1, -0.05) is 11.3 Å². The zero-order valence-corrected chi connectivity index (χ0v) is 18.3. The summed E-state index contributed by atoms with van der Waals surface area (Å²) >= 11 is 1.42. The van der Waals surface area contributed by atoms with Crippen LogP contribution in [0, 0.1) is 0 Å². The van der Waals surface area contributed by atoms with Gasteiger partial charge in [0, 0.05) is 49.9 Å². The number of carbonyl (C=O) groups is 1. The van der Waals surface area contributed by atoms with Crippen LogP contribution in [0.4, 0.5) is 9.93 Å². The molecule has 0 radical (unpaired) electrons. The molecule has 0 unspecified atom stereocenters. The smallest absolute Gasteiger partial charge is 0.407 e. The van der Waals surface area contributed by atoms with Gasteiger partial charge in [-0.05, 0) is 6.42 Å². The Bertz CT molecular complexity index is 1170. The second kappa shape index (κ2) is 8.44. The van der Waals surface area contributed by atoms with Gasteiger partial charge in [0.1, 0.15) is 5.52 Å². The van der Waals surface area contributed by atoms with E-state index in [0.29, 0.717) is 29.5 Å². The number of pyridine rings is 1. The number of carboxylic acid groups (broad SMARTS) is 1. The van der Waals surface area contributed by atoms with Crippen LogP contribution in [0.25, 0.3) is 21.3 Å². The van der Waals surface area contributed by atoms with E-state index in [1.54, 1.807) is 24.2 Å². The summed E-state index contributed by atoms with van der Waals surface area (Å²) in [6, 6.07) is 0. The van der Waals surface area contributed by atoms with Crippen LogP contribution < -0.4 is 10.5 Å². The molecule has 0 saturated carbocycles. The number of fused-ring (bicyclic) bond motifs is 1. The van der Waals surface area contributed by atoms with Crippen molar-refractivity contribution in [1.82, 2.24) is 24.6 Å². The van der Waals surface area contributed by atoms with Crippen molar-refractivity contribution in [3.8, 4) is 17.0 Å². The molecule has 1 amide bonds. The van der Waals surface area contributed by atoms with Crippen LogP contribution in [0.3, 0.4) is 0 Å². The summed E-state index contributed by atoms with van der Waals surface area (Å²) in [4.78, 5) is 20.0. The number of ether oxygens (including phenoxy) is 1. The first-order valence-corrected chi connectivity index (χ1v) is 11.6. The summed E-state index contributed by atoms with van der Waals surface area (Å²) in [7, 11) is 0.370. The van der Waals surface area contributed by atoms with Gasteiger partial charge in [0.15, 0.2) is 15.0 Å². The number of likely N-dealkylation sites (tertiary alicyclic amines) is 1. The molecule has 0 bridgehead atoms. The van der Waals surface area contributed by atoms with Crippen LogP contribution in [-0.4, -0.2) is 76.0 Å². The van der Waals surface area contributed by atoms with Crippen molar-refractivity contribution in [2.75, 3.05) is 32.2 Å². The Morgan fingerprint density at radius 3 is 2.63 bits per heavy atom. The number of amides is 1. The first-order chi connectivity index (χ1) is 14.1. The molecule has 1 saturated heterocycles. The van der Waals surface area contributed by atoms with Crippen molar-refractivity contribution in [1.29, 1.82) is 0 Å². The standard InChI is InChI=1S/C11H11N5OS.C6H11NO4S/c1-16-5-6(3-14-16)7-4-13-10(17-2)8-9(7)18-11(12)15-8;1-12(10,11)5-2-3-7(4-5)6(8)9/h3-5H,1-2H3,(H2,12,15);5H,2-4H2,1H3,(H,8,9)/t;5-/m.0/s1. The molecule has 1 atom stereocenters. The third kappa shape index (κ3) is 4.62. The Morgan fingerprint density at radius 1 is 1.40 bits per heavy atom. The van der Waals surface area contributed by atoms with Gasteiger partial charge in [0.05, 0.1) is 23.3 Å². The van der Waals surface area contributed by atoms with Gasteiger partial charge in [0.25, 0.3) is 0 Å².